The summed E-state index contributed by atoms with van der Waals surface area (Å²) in [6, 6.07) is 7.71. The third-order valence-electron chi connectivity index (χ3n) is 2.95. The van der Waals surface area contributed by atoms with Gasteiger partial charge in [-0.15, -0.1) is 11.3 Å². The van der Waals surface area contributed by atoms with Crippen molar-refractivity contribution < 1.29 is 9.84 Å². The fraction of sp³-hybridized carbons (Fsp3) is 0.333. The van der Waals surface area contributed by atoms with Gasteiger partial charge in [0, 0.05) is 23.5 Å². The second kappa shape index (κ2) is 6.59. The third kappa shape index (κ3) is 3.49. The first-order chi connectivity index (χ1) is 9.22. The minimum absolute atomic E-state index is 0.236. The van der Waals surface area contributed by atoms with Gasteiger partial charge in [0.15, 0.2) is 11.5 Å². The van der Waals surface area contributed by atoms with Crippen LogP contribution in [-0.2, 0) is 13.1 Å². The smallest absolute Gasteiger partial charge is 0.162 e. The van der Waals surface area contributed by atoms with Crippen molar-refractivity contribution in [3.8, 4) is 11.5 Å². The number of thiophene rings is 1. The summed E-state index contributed by atoms with van der Waals surface area (Å²) in [5.74, 6) is 0.786. The van der Waals surface area contributed by atoms with Gasteiger partial charge in [-0.3, -0.25) is 0 Å². The highest BCUT2D eigenvalue weighted by atomic mass is 32.1. The average molecular weight is 277 g/mol. The molecule has 1 aromatic carbocycles. The van der Waals surface area contributed by atoms with Crippen LogP contribution in [-0.4, -0.2) is 11.7 Å². The van der Waals surface area contributed by atoms with Crippen LogP contribution < -0.4 is 10.1 Å². The Morgan fingerprint density at radius 2 is 2.11 bits per heavy atom. The molecule has 2 aromatic rings. The Labute approximate surface area is 117 Å². The number of hydrogen-bond donors (Lipinski definition) is 2. The highest BCUT2D eigenvalue weighted by Crippen LogP contribution is 2.29. The van der Waals surface area contributed by atoms with E-state index in [2.05, 4.69) is 23.7 Å². The molecule has 2 N–H and O–H groups in total. The Balaban J connectivity index is 1.96. The predicted octanol–water partition coefficient (Wildman–Crippen LogP) is 3.45. The molecule has 19 heavy (non-hydrogen) atoms. The zero-order valence-corrected chi connectivity index (χ0v) is 12.1. The van der Waals surface area contributed by atoms with Crippen molar-refractivity contribution in [3.63, 3.8) is 0 Å². The van der Waals surface area contributed by atoms with Crippen LogP contribution in [0.25, 0.3) is 0 Å². The molecule has 0 spiro atoms. The van der Waals surface area contributed by atoms with Crippen LogP contribution in [0.1, 0.15) is 22.9 Å². The maximum atomic E-state index is 10.1. The second-order valence-corrected chi connectivity index (χ2v) is 5.33. The highest BCUT2D eigenvalue weighted by molar-refractivity contribution is 7.10. The molecule has 0 saturated carbocycles. The molecule has 0 aliphatic carbocycles. The Bertz CT molecular complexity index is 537. The molecule has 1 heterocycles. The van der Waals surface area contributed by atoms with E-state index in [9.17, 15) is 5.11 Å². The van der Waals surface area contributed by atoms with Crippen molar-refractivity contribution in [2.75, 3.05) is 6.61 Å². The Morgan fingerprint density at radius 1 is 1.26 bits per heavy atom. The summed E-state index contributed by atoms with van der Waals surface area (Å²) < 4.78 is 5.37. The number of nitrogens with one attached hydrogen (secondary N) is 1. The third-order valence-corrected chi connectivity index (χ3v) is 3.97. The molecule has 102 valence electrons. The first kappa shape index (κ1) is 13.9. The largest absolute Gasteiger partial charge is 0.504 e. The summed E-state index contributed by atoms with van der Waals surface area (Å²) in [4.78, 5) is 1.33. The summed E-state index contributed by atoms with van der Waals surface area (Å²) in [5.41, 5.74) is 2.17. The summed E-state index contributed by atoms with van der Waals surface area (Å²) >= 11 is 1.75. The number of para-hydroxylation sites is 1. The van der Waals surface area contributed by atoms with E-state index >= 15 is 0 Å². The molecule has 0 radical (unpaired) electrons. The molecule has 0 aliphatic rings. The van der Waals surface area contributed by atoms with E-state index < -0.39 is 0 Å². The molecule has 1 aromatic heterocycles. The summed E-state index contributed by atoms with van der Waals surface area (Å²) in [5, 5.41) is 15.5. The molecule has 0 unspecified atom stereocenters. The summed E-state index contributed by atoms with van der Waals surface area (Å²) in [7, 11) is 0. The van der Waals surface area contributed by atoms with Crippen molar-refractivity contribution in [3.05, 3.63) is 45.6 Å². The van der Waals surface area contributed by atoms with Gasteiger partial charge >= 0.3 is 0 Å². The number of phenolic OH excluding ortho intramolecular Hbond substituents is 1. The number of rotatable bonds is 6. The fourth-order valence-electron chi connectivity index (χ4n) is 1.88. The number of hydrogen-bond acceptors (Lipinski definition) is 4. The first-order valence-electron chi connectivity index (χ1n) is 6.39. The van der Waals surface area contributed by atoms with E-state index in [0.29, 0.717) is 18.9 Å². The lowest BCUT2D eigenvalue weighted by Crippen LogP contribution is -2.12. The number of aromatic hydroxyl groups is 1. The molecule has 0 bridgehead atoms. The van der Waals surface area contributed by atoms with Crippen molar-refractivity contribution in [2.24, 2.45) is 0 Å². The lowest BCUT2D eigenvalue weighted by Gasteiger charge is -2.10. The SMILES string of the molecule is CCOc1cccc(CNCc2sccc2C)c1O. The van der Waals surface area contributed by atoms with E-state index in [-0.39, 0.29) is 5.75 Å². The van der Waals surface area contributed by atoms with Gasteiger partial charge in [-0.25, -0.2) is 0 Å². The number of phenols is 1. The van der Waals surface area contributed by atoms with E-state index in [1.54, 1.807) is 17.4 Å². The fourth-order valence-corrected chi connectivity index (χ4v) is 2.75. The predicted molar refractivity (Wildman–Crippen MR) is 78.9 cm³/mol. The van der Waals surface area contributed by atoms with E-state index in [1.807, 2.05) is 19.1 Å². The van der Waals surface area contributed by atoms with Crippen LogP contribution in [0, 0.1) is 6.92 Å². The number of aryl methyl sites for hydroxylation is 1. The average Bonchev–Trinajstić information content (AvgIpc) is 2.80. The van der Waals surface area contributed by atoms with Gasteiger partial charge < -0.3 is 15.2 Å². The molecular formula is C15H19NO2S. The quantitative estimate of drug-likeness (QED) is 0.849. The maximum Gasteiger partial charge on any atom is 0.162 e. The van der Waals surface area contributed by atoms with E-state index in [4.69, 9.17) is 4.74 Å². The van der Waals surface area contributed by atoms with Gasteiger partial charge in [-0.2, -0.15) is 0 Å². The van der Waals surface area contributed by atoms with Crippen molar-refractivity contribution in [2.45, 2.75) is 26.9 Å². The van der Waals surface area contributed by atoms with Crippen LogP contribution >= 0.6 is 11.3 Å². The standard InChI is InChI=1S/C15H19NO2S/c1-3-18-13-6-4-5-12(15(13)17)9-16-10-14-11(2)7-8-19-14/h4-8,16-17H,3,9-10H2,1-2H3. The van der Waals surface area contributed by atoms with Gasteiger partial charge in [-0.1, -0.05) is 12.1 Å². The number of ether oxygens (including phenoxy) is 1. The summed E-state index contributed by atoms with van der Waals surface area (Å²) in [6.45, 7) is 6.02. The molecular weight excluding hydrogens is 258 g/mol. The van der Waals surface area contributed by atoms with Crippen molar-refractivity contribution >= 4 is 11.3 Å². The topological polar surface area (TPSA) is 41.5 Å². The molecule has 0 atom stereocenters. The van der Waals surface area contributed by atoms with Crippen molar-refractivity contribution in [1.82, 2.24) is 5.32 Å². The summed E-state index contributed by atoms with van der Waals surface area (Å²) in [6.07, 6.45) is 0. The zero-order chi connectivity index (χ0) is 13.7. The molecule has 0 saturated heterocycles. The maximum absolute atomic E-state index is 10.1. The van der Waals surface area contributed by atoms with Crippen LogP contribution in [0.15, 0.2) is 29.6 Å². The highest BCUT2D eigenvalue weighted by Gasteiger charge is 2.07. The lowest BCUT2D eigenvalue weighted by atomic mass is 10.2. The number of benzene rings is 1. The minimum atomic E-state index is 0.236. The Kier molecular flexibility index (Phi) is 4.82. The lowest BCUT2D eigenvalue weighted by molar-refractivity contribution is 0.316. The van der Waals surface area contributed by atoms with Gasteiger partial charge in [0.05, 0.1) is 6.61 Å². The van der Waals surface area contributed by atoms with Crippen LogP contribution in [0.5, 0.6) is 11.5 Å². The van der Waals surface area contributed by atoms with Gasteiger partial charge in [0.2, 0.25) is 0 Å². The molecule has 0 amide bonds. The molecule has 4 heteroatoms. The van der Waals surface area contributed by atoms with Gasteiger partial charge in [0.1, 0.15) is 0 Å². The van der Waals surface area contributed by atoms with Gasteiger partial charge in [-0.05, 0) is 36.9 Å². The molecule has 0 fully saturated rings. The van der Waals surface area contributed by atoms with Crippen LogP contribution in [0.2, 0.25) is 0 Å². The zero-order valence-electron chi connectivity index (χ0n) is 11.3. The Hall–Kier alpha value is -1.52. The van der Waals surface area contributed by atoms with E-state index in [1.165, 1.54) is 10.4 Å². The van der Waals surface area contributed by atoms with Crippen LogP contribution in [0.4, 0.5) is 0 Å². The first-order valence-corrected chi connectivity index (χ1v) is 7.27. The molecule has 2 rings (SSSR count). The minimum Gasteiger partial charge on any atom is -0.504 e. The monoisotopic (exact) mass is 277 g/mol. The van der Waals surface area contributed by atoms with E-state index in [0.717, 1.165) is 12.1 Å². The molecule has 3 nitrogen and oxygen atoms in total. The van der Waals surface area contributed by atoms with Crippen molar-refractivity contribution in [1.29, 1.82) is 0 Å². The second-order valence-electron chi connectivity index (χ2n) is 4.33. The van der Waals surface area contributed by atoms with Crippen LogP contribution in [0.3, 0.4) is 0 Å². The normalized spacial score (nSPS) is 10.6. The van der Waals surface area contributed by atoms with Gasteiger partial charge in [0.25, 0.3) is 0 Å². The molecule has 0 aliphatic heterocycles. The Morgan fingerprint density at radius 3 is 2.79 bits per heavy atom.